The standard InChI is InChI=1S/C11H23NO3/c1-10-11(12,5-7-15-10)4-3-6-14-9-8-13-2/h10H,3-9,12H2,1-2H3. The van der Waals surface area contributed by atoms with E-state index in [1.165, 1.54) is 0 Å². The number of ether oxygens (including phenoxy) is 3. The Morgan fingerprint density at radius 3 is 2.80 bits per heavy atom. The van der Waals surface area contributed by atoms with Gasteiger partial charge in [0.1, 0.15) is 0 Å². The second kappa shape index (κ2) is 6.43. The highest BCUT2D eigenvalue weighted by Crippen LogP contribution is 2.27. The van der Waals surface area contributed by atoms with Crippen molar-refractivity contribution in [3.8, 4) is 0 Å². The Kier molecular flexibility index (Phi) is 5.53. The predicted octanol–water partition coefficient (Wildman–Crippen LogP) is 0.936. The van der Waals surface area contributed by atoms with Crippen molar-refractivity contribution >= 4 is 0 Å². The minimum absolute atomic E-state index is 0.134. The Hall–Kier alpha value is -0.160. The zero-order valence-corrected chi connectivity index (χ0v) is 9.83. The van der Waals surface area contributed by atoms with Gasteiger partial charge in [0, 0.05) is 25.9 Å². The molecule has 1 aliphatic rings. The van der Waals surface area contributed by atoms with Crippen LogP contribution < -0.4 is 5.73 Å². The maximum absolute atomic E-state index is 6.24. The fourth-order valence-electron chi connectivity index (χ4n) is 1.87. The molecule has 0 aromatic heterocycles. The first kappa shape index (κ1) is 12.9. The molecule has 0 aromatic carbocycles. The Morgan fingerprint density at radius 2 is 2.20 bits per heavy atom. The fraction of sp³-hybridized carbons (Fsp3) is 1.00. The molecule has 2 atom stereocenters. The lowest BCUT2D eigenvalue weighted by molar-refractivity contribution is 0.0600. The molecule has 0 amide bonds. The highest BCUT2D eigenvalue weighted by molar-refractivity contribution is 4.94. The normalized spacial score (nSPS) is 31.0. The van der Waals surface area contributed by atoms with Crippen LogP contribution in [0.1, 0.15) is 26.2 Å². The summed E-state index contributed by atoms with van der Waals surface area (Å²) >= 11 is 0. The molecule has 0 aromatic rings. The van der Waals surface area contributed by atoms with E-state index in [0.29, 0.717) is 13.2 Å². The van der Waals surface area contributed by atoms with Crippen molar-refractivity contribution in [2.24, 2.45) is 5.73 Å². The smallest absolute Gasteiger partial charge is 0.0727 e. The van der Waals surface area contributed by atoms with Crippen molar-refractivity contribution in [3.63, 3.8) is 0 Å². The third-order valence-corrected chi connectivity index (χ3v) is 3.11. The van der Waals surface area contributed by atoms with E-state index in [9.17, 15) is 0 Å². The van der Waals surface area contributed by atoms with Crippen LogP contribution in [0.25, 0.3) is 0 Å². The van der Waals surface area contributed by atoms with Crippen LogP contribution in [-0.4, -0.2) is 45.2 Å². The summed E-state index contributed by atoms with van der Waals surface area (Å²) in [6.07, 6.45) is 3.11. The van der Waals surface area contributed by atoms with Gasteiger partial charge in [-0.3, -0.25) is 0 Å². The molecule has 0 aliphatic carbocycles. The summed E-state index contributed by atoms with van der Waals surface area (Å²) in [6.45, 7) is 4.93. The molecule has 15 heavy (non-hydrogen) atoms. The van der Waals surface area contributed by atoms with Crippen LogP contribution in [0.3, 0.4) is 0 Å². The maximum Gasteiger partial charge on any atom is 0.0727 e. The second-order valence-corrected chi connectivity index (χ2v) is 4.20. The van der Waals surface area contributed by atoms with Crippen molar-refractivity contribution in [2.45, 2.75) is 37.8 Å². The first-order valence-corrected chi connectivity index (χ1v) is 5.66. The van der Waals surface area contributed by atoms with E-state index in [2.05, 4.69) is 6.92 Å². The molecule has 1 fully saturated rings. The van der Waals surface area contributed by atoms with Crippen LogP contribution in [0.5, 0.6) is 0 Å². The number of rotatable bonds is 7. The lowest BCUT2D eigenvalue weighted by Crippen LogP contribution is -2.46. The van der Waals surface area contributed by atoms with Gasteiger partial charge in [0.15, 0.2) is 0 Å². The van der Waals surface area contributed by atoms with Gasteiger partial charge in [-0.2, -0.15) is 0 Å². The minimum atomic E-state index is -0.134. The summed E-state index contributed by atoms with van der Waals surface area (Å²) < 4.78 is 15.8. The van der Waals surface area contributed by atoms with Gasteiger partial charge in [0.05, 0.1) is 19.3 Å². The second-order valence-electron chi connectivity index (χ2n) is 4.20. The van der Waals surface area contributed by atoms with E-state index < -0.39 is 0 Å². The molecule has 1 rings (SSSR count). The van der Waals surface area contributed by atoms with Gasteiger partial charge in [-0.05, 0) is 26.2 Å². The Morgan fingerprint density at radius 1 is 1.40 bits per heavy atom. The molecule has 4 nitrogen and oxygen atoms in total. The Labute approximate surface area is 92.1 Å². The highest BCUT2D eigenvalue weighted by Gasteiger charge is 2.36. The van der Waals surface area contributed by atoms with Crippen LogP contribution >= 0.6 is 0 Å². The van der Waals surface area contributed by atoms with Crippen LogP contribution in [0.4, 0.5) is 0 Å². The average molecular weight is 217 g/mol. The summed E-state index contributed by atoms with van der Waals surface area (Å²) in [5.74, 6) is 0. The number of methoxy groups -OCH3 is 1. The molecule has 4 heteroatoms. The van der Waals surface area contributed by atoms with Crippen LogP contribution in [-0.2, 0) is 14.2 Å². The van der Waals surface area contributed by atoms with Crippen molar-refractivity contribution in [1.29, 1.82) is 0 Å². The van der Waals surface area contributed by atoms with E-state index in [4.69, 9.17) is 19.9 Å². The monoisotopic (exact) mass is 217 g/mol. The summed E-state index contributed by atoms with van der Waals surface area (Å²) in [5, 5.41) is 0. The van der Waals surface area contributed by atoms with Crippen molar-refractivity contribution in [2.75, 3.05) is 33.5 Å². The Bertz CT molecular complexity index is 177. The maximum atomic E-state index is 6.24. The topological polar surface area (TPSA) is 53.7 Å². The molecule has 0 bridgehead atoms. The summed E-state index contributed by atoms with van der Waals surface area (Å²) in [4.78, 5) is 0. The van der Waals surface area contributed by atoms with E-state index in [1.807, 2.05) is 0 Å². The zero-order chi connectivity index (χ0) is 11.1. The molecule has 0 radical (unpaired) electrons. The lowest BCUT2D eigenvalue weighted by Gasteiger charge is -2.27. The van der Waals surface area contributed by atoms with Crippen LogP contribution in [0.15, 0.2) is 0 Å². The number of hydrogen-bond acceptors (Lipinski definition) is 4. The molecule has 0 saturated carbocycles. The van der Waals surface area contributed by atoms with Crippen LogP contribution in [0.2, 0.25) is 0 Å². The quantitative estimate of drug-likeness (QED) is 0.645. The largest absolute Gasteiger partial charge is 0.382 e. The predicted molar refractivity (Wildman–Crippen MR) is 58.9 cm³/mol. The SMILES string of the molecule is COCCOCCCC1(N)CCOC1C. The molecule has 1 aliphatic heterocycles. The molecule has 90 valence electrons. The third kappa shape index (κ3) is 4.07. The van der Waals surface area contributed by atoms with Gasteiger partial charge in [0.2, 0.25) is 0 Å². The molecule has 0 spiro atoms. The first-order valence-electron chi connectivity index (χ1n) is 5.66. The lowest BCUT2D eigenvalue weighted by atomic mass is 9.88. The van der Waals surface area contributed by atoms with Gasteiger partial charge in [-0.1, -0.05) is 0 Å². The zero-order valence-electron chi connectivity index (χ0n) is 9.83. The summed E-state index contributed by atoms with van der Waals surface area (Å²) in [7, 11) is 1.68. The molecule has 1 saturated heterocycles. The van der Waals surface area contributed by atoms with E-state index in [-0.39, 0.29) is 11.6 Å². The average Bonchev–Trinajstić information content (AvgIpc) is 2.54. The van der Waals surface area contributed by atoms with Gasteiger partial charge in [0.25, 0.3) is 0 Å². The van der Waals surface area contributed by atoms with Gasteiger partial charge >= 0.3 is 0 Å². The number of hydrogen-bond donors (Lipinski definition) is 1. The van der Waals surface area contributed by atoms with Gasteiger partial charge in [-0.15, -0.1) is 0 Å². The highest BCUT2D eigenvalue weighted by atomic mass is 16.5. The molecular weight excluding hydrogens is 194 g/mol. The van der Waals surface area contributed by atoms with Crippen molar-refractivity contribution in [3.05, 3.63) is 0 Å². The summed E-state index contributed by atoms with van der Waals surface area (Å²) in [6, 6.07) is 0. The van der Waals surface area contributed by atoms with E-state index >= 15 is 0 Å². The molecular formula is C11H23NO3. The molecule has 2 N–H and O–H groups in total. The molecule has 2 unspecified atom stereocenters. The Balaban J connectivity index is 2.04. The van der Waals surface area contributed by atoms with Crippen molar-refractivity contribution < 1.29 is 14.2 Å². The van der Waals surface area contributed by atoms with Crippen molar-refractivity contribution in [1.82, 2.24) is 0 Å². The fourth-order valence-corrected chi connectivity index (χ4v) is 1.87. The number of nitrogens with two attached hydrogens (primary N) is 1. The molecule has 1 heterocycles. The van der Waals surface area contributed by atoms with E-state index in [1.54, 1.807) is 7.11 Å². The first-order chi connectivity index (χ1) is 7.19. The van der Waals surface area contributed by atoms with Crippen LogP contribution in [0, 0.1) is 0 Å². The summed E-state index contributed by atoms with van der Waals surface area (Å²) in [5.41, 5.74) is 6.10. The van der Waals surface area contributed by atoms with Gasteiger partial charge < -0.3 is 19.9 Å². The van der Waals surface area contributed by atoms with E-state index in [0.717, 1.165) is 32.5 Å². The van der Waals surface area contributed by atoms with Gasteiger partial charge in [-0.25, -0.2) is 0 Å². The minimum Gasteiger partial charge on any atom is -0.382 e. The third-order valence-electron chi connectivity index (χ3n) is 3.11.